The molecule has 2 aromatic carbocycles. The zero-order valence-electron chi connectivity index (χ0n) is 14.9. The molecule has 3 rings (SSSR count). The second kappa shape index (κ2) is 8.26. The number of imidazole rings is 1. The van der Waals surface area contributed by atoms with Gasteiger partial charge in [0, 0.05) is 18.6 Å². The molecule has 7 heteroatoms. The fourth-order valence-corrected chi connectivity index (χ4v) is 2.74. The molecule has 0 saturated heterocycles. The quantitative estimate of drug-likeness (QED) is 0.657. The van der Waals surface area contributed by atoms with E-state index in [2.05, 4.69) is 4.98 Å². The molecule has 0 aliphatic carbocycles. The molecule has 1 unspecified atom stereocenters. The summed E-state index contributed by atoms with van der Waals surface area (Å²) in [4.78, 5) is 15.0. The number of hydrogen-bond donors (Lipinski definition) is 1. The van der Waals surface area contributed by atoms with E-state index < -0.39 is 17.7 Å². The standard InChI is InChI=1S/C20H20F2N2O3/c1-13(25)2-3-14-4-6-16(7-5-14)27-11-15(26)10-24-12-23-19-8-17(21)18(22)9-20(19)24/h4-9,12,15,26H,2-3,10-11H2,1H3. The molecule has 0 radical (unpaired) electrons. The van der Waals surface area contributed by atoms with Gasteiger partial charge in [0.25, 0.3) is 0 Å². The summed E-state index contributed by atoms with van der Waals surface area (Å²) in [6.07, 6.45) is 1.76. The van der Waals surface area contributed by atoms with Crippen molar-refractivity contribution in [3.05, 3.63) is 59.9 Å². The van der Waals surface area contributed by atoms with Crippen molar-refractivity contribution in [1.29, 1.82) is 0 Å². The van der Waals surface area contributed by atoms with E-state index in [0.29, 0.717) is 29.6 Å². The number of benzene rings is 2. The number of aliphatic hydroxyl groups excluding tert-OH is 1. The number of rotatable bonds is 8. The molecule has 27 heavy (non-hydrogen) atoms. The fourth-order valence-electron chi connectivity index (χ4n) is 2.74. The molecule has 0 saturated carbocycles. The molecular weight excluding hydrogens is 354 g/mol. The van der Waals surface area contributed by atoms with Crippen molar-refractivity contribution < 1.29 is 23.4 Å². The molecule has 142 valence electrons. The zero-order chi connectivity index (χ0) is 19.4. The van der Waals surface area contributed by atoms with Crippen LogP contribution in [0.1, 0.15) is 18.9 Å². The summed E-state index contributed by atoms with van der Waals surface area (Å²) in [5.74, 6) is -1.17. The molecule has 0 aliphatic rings. The number of halogens is 2. The number of aryl methyl sites for hydroxylation is 1. The molecule has 0 aliphatic heterocycles. The van der Waals surface area contributed by atoms with Crippen LogP contribution in [0.4, 0.5) is 8.78 Å². The van der Waals surface area contributed by atoms with Gasteiger partial charge >= 0.3 is 0 Å². The summed E-state index contributed by atoms with van der Waals surface area (Å²) in [7, 11) is 0. The maximum Gasteiger partial charge on any atom is 0.161 e. The average molecular weight is 374 g/mol. The number of aromatic nitrogens is 2. The van der Waals surface area contributed by atoms with Crippen molar-refractivity contribution in [2.45, 2.75) is 32.4 Å². The number of hydrogen-bond acceptors (Lipinski definition) is 4. The van der Waals surface area contributed by atoms with Crippen molar-refractivity contribution in [2.24, 2.45) is 0 Å². The summed E-state index contributed by atoms with van der Waals surface area (Å²) in [5.41, 5.74) is 1.77. The largest absolute Gasteiger partial charge is 0.491 e. The van der Waals surface area contributed by atoms with Gasteiger partial charge in [-0.05, 0) is 31.0 Å². The Morgan fingerprint density at radius 2 is 1.93 bits per heavy atom. The Morgan fingerprint density at radius 3 is 2.63 bits per heavy atom. The lowest BCUT2D eigenvalue weighted by atomic mass is 10.1. The molecule has 0 spiro atoms. The molecule has 0 amide bonds. The monoisotopic (exact) mass is 374 g/mol. The molecule has 0 bridgehead atoms. The van der Waals surface area contributed by atoms with Crippen LogP contribution in [-0.4, -0.2) is 33.2 Å². The van der Waals surface area contributed by atoms with E-state index >= 15 is 0 Å². The second-order valence-electron chi connectivity index (χ2n) is 6.46. The third-order valence-electron chi connectivity index (χ3n) is 4.20. The smallest absolute Gasteiger partial charge is 0.161 e. The summed E-state index contributed by atoms with van der Waals surface area (Å²) in [6, 6.07) is 9.42. The Labute approximate surface area is 155 Å². The highest BCUT2D eigenvalue weighted by Gasteiger charge is 2.12. The van der Waals surface area contributed by atoms with Gasteiger partial charge in [-0.2, -0.15) is 0 Å². The van der Waals surface area contributed by atoms with Gasteiger partial charge in [0.2, 0.25) is 0 Å². The summed E-state index contributed by atoms with van der Waals surface area (Å²) in [6.45, 7) is 1.74. The van der Waals surface area contributed by atoms with Crippen LogP contribution in [-0.2, 0) is 17.8 Å². The number of Topliss-reactive ketones (excluding diaryl/α,β-unsaturated/α-hetero) is 1. The molecule has 0 fully saturated rings. The summed E-state index contributed by atoms with van der Waals surface area (Å²) < 4.78 is 33.8. The third kappa shape index (κ3) is 4.89. The normalized spacial score (nSPS) is 12.3. The van der Waals surface area contributed by atoms with Gasteiger partial charge in [-0.3, -0.25) is 0 Å². The van der Waals surface area contributed by atoms with E-state index in [1.54, 1.807) is 23.6 Å². The first kappa shape index (κ1) is 19.0. The van der Waals surface area contributed by atoms with Crippen LogP contribution in [0.5, 0.6) is 5.75 Å². The Morgan fingerprint density at radius 1 is 1.22 bits per heavy atom. The number of ketones is 1. The lowest BCUT2D eigenvalue weighted by Gasteiger charge is -2.14. The number of carbonyl (C=O) groups excluding carboxylic acids is 1. The molecule has 3 aromatic rings. The number of ether oxygens (including phenoxy) is 1. The molecular formula is C20H20F2N2O3. The van der Waals surface area contributed by atoms with Crippen LogP contribution >= 0.6 is 0 Å². The highest BCUT2D eigenvalue weighted by atomic mass is 19.2. The maximum atomic E-state index is 13.4. The predicted molar refractivity (Wildman–Crippen MR) is 96.6 cm³/mol. The first-order valence-electron chi connectivity index (χ1n) is 8.61. The Balaban J connectivity index is 1.56. The van der Waals surface area contributed by atoms with E-state index in [1.165, 1.54) is 6.33 Å². The number of nitrogens with zero attached hydrogens (tertiary/aromatic N) is 2. The van der Waals surface area contributed by atoms with Crippen LogP contribution in [0.25, 0.3) is 11.0 Å². The van der Waals surface area contributed by atoms with Gasteiger partial charge in [0.1, 0.15) is 24.2 Å². The van der Waals surface area contributed by atoms with Gasteiger partial charge in [-0.15, -0.1) is 0 Å². The van der Waals surface area contributed by atoms with E-state index in [-0.39, 0.29) is 18.9 Å². The lowest BCUT2D eigenvalue weighted by Crippen LogP contribution is -2.23. The van der Waals surface area contributed by atoms with Crippen LogP contribution < -0.4 is 4.74 Å². The van der Waals surface area contributed by atoms with E-state index in [4.69, 9.17) is 4.74 Å². The van der Waals surface area contributed by atoms with Crippen molar-refractivity contribution in [3.63, 3.8) is 0 Å². The van der Waals surface area contributed by atoms with E-state index in [0.717, 1.165) is 17.7 Å². The number of fused-ring (bicyclic) bond motifs is 1. The minimum absolute atomic E-state index is 0.0378. The van der Waals surface area contributed by atoms with Crippen molar-refractivity contribution in [1.82, 2.24) is 9.55 Å². The van der Waals surface area contributed by atoms with Crippen molar-refractivity contribution in [2.75, 3.05) is 6.61 Å². The fraction of sp³-hybridized carbons (Fsp3) is 0.300. The third-order valence-corrected chi connectivity index (χ3v) is 4.20. The second-order valence-corrected chi connectivity index (χ2v) is 6.46. The van der Waals surface area contributed by atoms with Gasteiger partial charge in [-0.1, -0.05) is 12.1 Å². The zero-order valence-corrected chi connectivity index (χ0v) is 14.9. The maximum absolute atomic E-state index is 13.4. The highest BCUT2D eigenvalue weighted by Crippen LogP contribution is 2.18. The summed E-state index contributed by atoms with van der Waals surface area (Å²) >= 11 is 0. The van der Waals surface area contributed by atoms with Crippen molar-refractivity contribution in [3.8, 4) is 5.75 Å². The van der Waals surface area contributed by atoms with Crippen molar-refractivity contribution >= 4 is 16.8 Å². The van der Waals surface area contributed by atoms with Gasteiger partial charge < -0.3 is 19.2 Å². The van der Waals surface area contributed by atoms with Crippen LogP contribution in [0.2, 0.25) is 0 Å². The number of carbonyl (C=O) groups is 1. The van der Waals surface area contributed by atoms with Gasteiger partial charge in [0.15, 0.2) is 11.6 Å². The van der Waals surface area contributed by atoms with Gasteiger partial charge in [0.05, 0.1) is 23.9 Å². The van der Waals surface area contributed by atoms with Crippen LogP contribution in [0.15, 0.2) is 42.7 Å². The Hall–Kier alpha value is -2.80. The van der Waals surface area contributed by atoms with E-state index in [1.807, 2.05) is 12.1 Å². The average Bonchev–Trinajstić information content (AvgIpc) is 3.01. The highest BCUT2D eigenvalue weighted by molar-refractivity contribution is 5.76. The van der Waals surface area contributed by atoms with Gasteiger partial charge in [-0.25, -0.2) is 13.8 Å². The first-order chi connectivity index (χ1) is 12.9. The Kier molecular flexibility index (Phi) is 5.81. The number of aliphatic hydroxyl groups is 1. The predicted octanol–water partition coefficient (Wildman–Crippen LogP) is 3.28. The minimum atomic E-state index is -0.958. The topological polar surface area (TPSA) is 64.3 Å². The Bertz CT molecular complexity index is 938. The SMILES string of the molecule is CC(=O)CCc1ccc(OCC(O)Cn2cnc3cc(F)c(F)cc32)cc1. The first-order valence-corrected chi connectivity index (χ1v) is 8.61. The minimum Gasteiger partial charge on any atom is -0.491 e. The molecule has 1 atom stereocenters. The van der Waals surface area contributed by atoms with Crippen LogP contribution in [0.3, 0.4) is 0 Å². The molecule has 1 aromatic heterocycles. The molecule has 1 heterocycles. The summed E-state index contributed by atoms with van der Waals surface area (Å²) in [5, 5.41) is 10.2. The lowest BCUT2D eigenvalue weighted by molar-refractivity contribution is -0.116. The molecule has 1 N–H and O–H groups in total. The van der Waals surface area contributed by atoms with Crippen LogP contribution in [0, 0.1) is 11.6 Å². The molecule has 5 nitrogen and oxygen atoms in total. The van der Waals surface area contributed by atoms with E-state index in [9.17, 15) is 18.7 Å².